The van der Waals surface area contributed by atoms with Gasteiger partial charge >= 0.3 is 0 Å². The van der Waals surface area contributed by atoms with Crippen LogP contribution in [0, 0.1) is 0 Å². The minimum atomic E-state index is -2.94. The summed E-state index contributed by atoms with van der Waals surface area (Å²) in [7, 11) is -2.94. The first kappa shape index (κ1) is 33.8. The average molecular weight is 739 g/mol. The highest BCUT2D eigenvalue weighted by molar-refractivity contribution is 7.20. The highest BCUT2D eigenvalue weighted by Crippen LogP contribution is 2.41. The number of nitrogens with zero attached hydrogens (tertiary/aromatic N) is 4. The minimum Gasteiger partial charge on any atom is -0.349 e. The first-order valence-electron chi connectivity index (χ1n) is 19.5. The quantitative estimate of drug-likeness (QED) is 0.115. The number of hydrogen-bond donors (Lipinski definition) is 0. The molecule has 0 N–H and O–H groups in total. The van der Waals surface area contributed by atoms with Crippen LogP contribution in [0.5, 0.6) is 0 Å². The van der Waals surface area contributed by atoms with Crippen molar-refractivity contribution in [2.45, 2.75) is 19.9 Å². The van der Waals surface area contributed by atoms with Crippen molar-refractivity contribution in [3.63, 3.8) is 0 Å². The van der Waals surface area contributed by atoms with Crippen LogP contribution in [0.1, 0.15) is 13.8 Å². The molecule has 10 rings (SSSR count). The maximum absolute atomic E-state index is 5.03. The number of benzene rings is 7. The molecule has 0 saturated heterocycles. The van der Waals surface area contributed by atoms with E-state index in [0.717, 1.165) is 29.1 Å². The molecule has 56 heavy (non-hydrogen) atoms. The zero-order valence-electron chi connectivity index (χ0n) is 31.6. The van der Waals surface area contributed by atoms with Gasteiger partial charge in [-0.05, 0) is 94.3 Å². The molecular weight excluding hydrogens is 697 g/mol. The van der Waals surface area contributed by atoms with E-state index >= 15 is 0 Å². The minimum absolute atomic E-state index is 0.382. The van der Waals surface area contributed by atoms with Crippen molar-refractivity contribution >= 4 is 67.7 Å². The van der Waals surface area contributed by atoms with Gasteiger partial charge in [-0.25, -0.2) is 4.98 Å². The van der Waals surface area contributed by atoms with Crippen molar-refractivity contribution in [1.29, 1.82) is 0 Å². The lowest BCUT2D eigenvalue weighted by Crippen LogP contribution is -2.74. The molecule has 3 heterocycles. The number of aromatic nitrogens is 2. The van der Waals surface area contributed by atoms with Crippen LogP contribution in [0.15, 0.2) is 200 Å². The lowest BCUT2D eigenvalue weighted by molar-refractivity contribution is 0.709. The molecule has 4 nitrogen and oxygen atoms in total. The van der Waals surface area contributed by atoms with Gasteiger partial charge in [-0.2, -0.15) is 0 Å². The molecule has 0 spiro atoms. The number of hydrogen-bond acceptors (Lipinski definition) is 3. The second-order valence-electron chi connectivity index (χ2n) is 15.0. The Morgan fingerprint density at radius 1 is 0.482 bits per heavy atom. The van der Waals surface area contributed by atoms with E-state index in [9.17, 15) is 0 Å². The van der Waals surface area contributed by atoms with Crippen molar-refractivity contribution in [2.24, 2.45) is 0 Å². The molecule has 9 aromatic rings. The predicted octanol–water partition coefficient (Wildman–Crippen LogP) is 9.55. The zero-order chi connectivity index (χ0) is 37.6. The van der Waals surface area contributed by atoms with E-state index in [2.05, 4.69) is 222 Å². The number of fused-ring (bicyclic) bond motifs is 4. The van der Waals surface area contributed by atoms with Crippen molar-refractivity contribution in [1.82, 2.24) is 9.55 Å². The third-order valence-electron chi connectivity index (χ3n) is 11.6. The van der Waals surface area contributed by atoms with E-state index in [1.165, 1.54) is 54.1 Å². The molecule has 5 heteroatoms. The van der Waals surface area contributed by atoms with Crippen molar-refractivity contribution in [3.8, 4) is 16.9 Å². The summed E-state index contributed by atoms with van der Waals surface area (Å²) in [5.74, 6) is 0.908. The normalized spacial score (nSPS) is 12.8. The Morgan fingerprint density at radius 3 is 1.82 bits per heavy atom. The van der Waals surface area contributed by atoms with Gasteiger partial charge in [0.25, 0.3) is 0 Å². The lowest BCUT2D eigenvalue weighted by atomic mass is 10.1. The number of rotatable bonds is 8. The van der Waals surface area contributed by atoms with E-state index in [0.29, 0.717) is 6.04 Å². The summed E-state index contributed by atoms with van der Waals surface area (Å²) in [6, 6.07) is 72.0. The van der Waals surface area contributed by atoms with Crippen LogP contribution in [0.4, 0.5) is 17.1 Å². The summed E-state index contributed by atoms with van der Waals surface area (Å²) in [4.78, 5) is 10.0. The van der Waals surface area contributed by atoms with Crippen LogP contribution in [-0.4, -0.2) is 30.3 Å². The molecule has 270 valence electrons. The monoisotopic (exact) mass is 738 g/mol. The Morgan fingerprint density at radius 2 is 1.09 bits per heavy atom. The van der Waals surface area contributed by atoms with Crippen LogP contribution >= 0.6 is 0 Å². The summed E-state index contributed by atoms with van der Waals surface area (Å²) >= 11 is 0. The van der Waals surface area contributed by atoms with Crippen LogP contribution < -0.4 is 30.5 Å². The highest BCUT2D eigenvalue weighted by Gasteiger charge is 2.42. The molecule has 0 saturated carbocycles. The second-order valence-corrected chi connectivity index (χ2v) is 18.8. The molecule has 0 radical (unpaired) electrons. The molecular formula is C51H42N4Si. The Labute approximate surface area is 329 Å². The van der Waals surface area contributed by atoms with Crippen LogP contribution in [-0.2, 0) is 0 Å². The third kappa shape index (κ3) is 5.46. The molecule has 0 fully saturated rings. The second kappa shape index (κ2) is 13.9. The fourth-order valence-electron chi connectivity index (χ4n) is 8.99. The molecule has 1 aliphatic rings. The molecule has 7 aromatic carbocycles. The van der Waals surface area contributed by atoms with E-state index in [1.54, 1.807) is 0 Å². The fraction of sp³-hybridized carbons (Fsp3) is 0.0784. The van der Waals surface area contributed by atoms with Gasteiger partial charge < -0.3 is 9.80 Å². The van der Waals surface area contributed by atoms with Crippen molar-refractivity contribution < 1.29 is 0 Å². The van der Waals surface area contributed by atoms with E-state index < -0.39 is 8.07 Å². The lowest BCUT2D eigenvalue weighted by Gasteiger charge is -2.35. The Bertz CT molecular complexity index is 2790. The molecule has 1 aliphatic heterocycles. The molecule has 0 aliphatic carbocycles. The Hall–Kier alpha value is -6.69. The molecule has 0 amide bonds. The van der Waals surface area contributed by atoms with Crippen molar-refractivity contribution in [2.75, 3.05) is 16.5 Å². The summed E-state index contributed by atoms with van der Waals surface area (Å²) < 4.78 is 2.37. The first-order valence-corrected chi connectivity index (χ1v) is 21.5. The number of anilines is 3. The van der Waals surface area contributed by atoms with Gasteiger partial charge in [-0.3, -0.25) is 4.57 Å². The Kier molecular flexibility index (Phi) is 8.38. The topological polar surface area (TPSA) is 24.3 Å². The van der Waals surface area contributed by atoms with E-state index in [1.807, 2.05) is 6.20 Å². The summed E-state index contributed by atoms with van der Waals surface area (Å²) in [6.07, 6.45) is 1.94. The van der Waals surface area contributed by atoms with Gasteiger partial charge in [0, 0.05) is 28.7 Å². The third-order valence-corrected chi connectivity index (χ3v) is 16.3. The highest BCUT2D eigenvalue weighted by atomic mass is 28.3. The summed E-state index contributed by atoms with van der Waals surface area (Å²) in [5.41, 5.74) is 8.36. The predicted molar refractivity (Wildman–Crippen MR) is 239 cm³/mol. The maximum atomic E-state index is 5.03. The van der Waals surface area contributed by atoms with Gasteiger partial charge in [0.05, 0.1) is 29.1 Å². The summed E-state index contributed by atoms with van der Waals surface area (Å²) in [5, 5.41) is 7.81. The largest absolute Gasteiger partial charge is 0.349 e. The fourth-order valence-corrected chi connectivity index (χ4v) is 13.8. The van der Waals surface area contributed by atoms with Gasteiger partial charge in [-0.15, -0.1) is 0 Å². The maximum Gasteiger partial charge on any atom is 0.179 e. The van der Waals surface area contributed by atoms with Crippen molar-refractivity contribution in [3.05, 3.63) is 200 Å². The molecule has 0 atom stereocenters. The van der Waals surface area contributed by atoms with Gasteiger partial charge in [0.15, 0.2) is 8.07 Å². The smallest absolute Gasteiger partial charge is 0.179 e. The van der Waals surface area contributed by atoms with Crippen LogP contribution in [0.2, 0.25) is 0 Å². The molecule has 2 aromatic heterocycles. The standard InChI is InChI=1S/C51H42N4Si/c1-37(2)53-36-54(49-28-15-14-27-48(49)53)40-19-16-24-43(34-40)56(41-20-8-4-9-21-41,42-22-10-5-11-23-42)44-29-30-46-45-25-12-13-26-47(45)55(50(46)35-44)51-33-39(31-32-52-51)38-17-6-3-7-18-38/h3-35,37H,36H2,1-2H3. The van der Waals surface area contributed by atoms with Crippen LogP contribution in [0.3, 0.4) is 0 Å². The summed E-state index contributed by atoms with van der Waals surface area (Å²) in [6.45, 7) is 5.37. The number of para-hydroxylation sites is 3. The van der Waals surface area contributed by atoms with Gasteiger partial charge in [0.1, 0.15) is 5.82 Å². The van der Waals surface area contributed by atoms with E-state index in [-0.39, 0.29) is 0 Å². The molecule has 0 bridgehead atoms. The van der Waals surface area contributed by atoms with Crippen LogP contribution in [0.25, 0.3) is 38.8 Å². The zero-order valence-corrected chi connectivity index (χ0v) is 32.6. The van der Waals surface area contributed by atoms with Gasteiger partial charge in [-0.1, -0.05) is 146 Å². The Balaban J connectivity index is 1.24. The number of pyridine rings is 1. The first-order chi connectivity index (χ1) is 27.6. The SMILES string of the molecule is CC(C)N1CN(c2cccc([Si](c3ccccc3)(c3ccccc3)c3ccc4c5ccccc5n(-c5cc(-c6ccccc6)ccn5)c4c3)c2)c2ccccc21. The van der Waals surface area contributed by atoms with E-state index in [4.69, 9.17) is 4.98 Å². The average Bonchev–Trinajstić information content (AvgIpc) is 3.82. The molecule has 0 unspecified atom stereocenters. The van der Waals surface area contributed by atoms with Gasteiger partial charge in [0.2, 0.25) is 0 Å².